The van der Waals surface area contributed by atoms with Gasteiger partial charge in [-0.25, -0.2) is 0 Å². The first-order valence-corrected chi connectivity index (χ1v) is 13.4. The van der Waals surface area contributed by atoms with Gasteiger partial charge in [-0.05, 0) is 75.5 Å². The Morgan fingerprint density at radius 3 is 2.39 bits per heavy atom. The summed E-state index contributed by atoms with van der Waals surface area (Å²) in [4.78, 5) is 28.4. The summed E-state index contributed by atoms with van der Waals surface area (Å²) in [5.41, 5.74) is 0.171. The highest BCUT2D eigenvalue weighted by Gasteiger charge is 2.41. The van der Waals surface area contributed by atoms with Crippen LogP contribution in [0.2, 0.25) is 0 Å². The first-order valence-electron chi connectivity index (χ1n) is 13.4. The molecule has 0 unspecified atom stereocenters. The summed E-state index contributed by atoms with van der Waals surface area (Å²) in [5, 5.41) is 6.12. The van der Waals surface area contributed by atoms with Crippen molar-refractivity contribution in [3.8, 4) is 5.75 Å². The molecule has 38 heavy (non-hydrogen) atoms. The Morgan fingerprint density at radius 1 is 0.974 bits per heavy atom. The first kappa shape index (κ1) is 28.0. The summed E-state index contributed by atoms with van der Waals surface area (Å²) in [6, 6.07) is 12.2. The van der Waals surface area contributed by atoms with Crippen LogP contribution in [0.5, 0.6) is 5.75 Å². The Bertz CT molecular complexity index is 1100. The molecular weight excluding hydrogens is 495 g/mol. The van der Waals surface area contributed by atoms with Crippen LogP contribution in [0.3, 0.4) is 0 Å². The Morgan fingerprint density at radius 2 is 1.68 bits per heavy atom. The van der Waals surface area contributed by atoms with E-state index in [-0.39, 0.29) is 24.5 Å². The predicted molar refractivity (Wildman–Crippen MR) is 139 cm³/mol. The van der Waals surface area contributed by atoms with Crippen LogP contribution in [-0.4, -0.2) is 49.0 Å². The zero-order valence-corrected chi connectivity index (χ0v) is 21.8. The number of nitrogens with one attached hydrogen (secondary N) is 2. The maximum Gasteiger partial charge on any atom is 0.416 e. The topological polar surface area (TPSA) is 70.7 Å². The third-order valence-corrected chi connectivity index (χ3v) is 7.60. The van der Waals surface area contributed by atoms with E-state index in [1.807, 2.05) is 13.0 Å². The van der Waals surface area contributed by atoms with E-state index in [1.165, 1.54) is 12.1 Å². The van der Waals surface area contributed by atoms with E-state index in [1.54, 1.807) is 18.2 Å². The van der Waals surface area contributed by atoms with Crippen molar-refractivity contribution < 1.29 is 27.5 Å². The van der Waals surface area contributed by atoms with Gasteiger partial charge in [0, 0.05) is 13.1 Å². The number of carbonyl (C=O) groups is 2. The standard InChI is InChI=1S/C29H36F3N3O3/c1-21-20-38-25-8-4-3-7-24(25)26(36)33-16-6-2-5-13-28(27(37)34-21)14-17-35(18-15-28)19-22-9-11-23(12-10-22)29(30,31)32/h3-4,7-12,21H,2,5-6,13-20H2,1H3,(H,33,36)(H,34,37)/t21-/m0/s1. The normalized spacial score (nSPS) is 21.8. The van der Waals surface area contributed by atoms with Crippen LogP contribution in [0.1, 0.15) is 66.9 Å². The zero-order chi connectivity index (χ0) is 27.2. The average Bonchev–Trinajstić information content (AvgIpc) is 2.90. The molecule has 0 aliphatic carbocycles. The van der Waals surface area contributed by atoms with Crippen LogP contribution in [0.25, 0.3) is 0 Å². The van der Waals surface area contributed by atoms with Crippen LogP contribution in [0.4, 0.5) is 13.2 Å². The molecule has 2 aromatic rings. The number of rotatable bonds is 2. The molecule has 1 saturated heterocycles. The summed E-state index contributed by atoms with van der Waals surface area (Å²) < 4.78 is 44.6. The van der Waals surface area contributed by atoms with Crippen LogP contribution in [0, 0.1) is 5.41 Å². The van der Waals surface area contributed by atoms with Gasteiger partial charge in [-0.1, -0.05) is 37.1 Å². The molecule has 206 valence electrons. The van der Waals surface area contributed by atoms with Crippen molar-refractivity contribution in [3.05, 3.63) is 65.2 Å². The Labute approximate surface area is 221 Å². The molecule has 0 aromatic heterocycles. The molecule has 4 rings (SSSR count). The molecule has 2 aromatic carbocycles. The minimum atomic E-state index is -4.34. The van der Waals surface area contributed by atoms with E-state index in [0.29, 0.717) is 50.3 Å². The van der Waals surface area contributed by atoms with Crippen molar-refractivity contribution in [3.63, 3.8) is 0 Å². The second kappa shape index (κ2) is 12.2. The number of halogens is 3. The third kappa shape index (κ3) is 7.07. The maximum absolute atomic E-state index is 13.6. The van der Waals surface area contributed by atoms with Gasteiger partial charge in [0.15, 0.2) is 0 Å². The number of ether oxygens (including phenoxy) is 1. The number of amides is 2. The fourth-order valence-corrected chi connectivity index (χ4v) is 5.26. The number of piperidine rings is 1. The fourth-order valence-electron chi connectivity index (χ4n) is 5.26. The number of alkyl halides is 3. The van der Waals surface area contributed by atoms with Gasteiger partial charge in [-0.2, -0.15) is 13.2 Å². The van der Waals surface area contributed by atoms with Crippen molar-refractivity contribution in [2.24, 2.45) is 5.41 Å². The van der Waals surface area contributed by atoms with Gasteiger partial charge >= 0.3 is 6.18 Å². The molecule has 0 saturated carbocycles. The second-order valence-corrected chi connectivity index (χ2v) is 10.5. The summed E-state index contributed by atoms with van der Waals surface area (Å²) in [7, 11) is 0. The monoisotopic (exact) mass is 531 g/mol. The molecule has 2 N–H and O–H groups in total. The number of benzene rings is 2. The summed E-state index contributed by atoms with van der Waals surface area (Å²) >= 11 is 0. The van der Waals surface area contributed by atoms with Crippen molar-refractivity contribution in [1.29, 1.82) is 0 Å². The lowest BCUT2D eigenvalue weighted by Gasteiger charge is -2.41. The van der Waals surface area contributed by atoms with Gasteiger partial charge in [0.25, 0.3) is 5.91 Å². The smallest absolute Gasteiger partial charge is 0.416 e. The molecule has 2 aliphatic rings. The lowest BCUT2D eigenvalue weighted by molar-refractivity contribution is -0.137. The lowest BCUT2D eigenvalue weighted by atomic mass is 9.73. The van der Waals surface area contributed by atoms with Crippen molar-refractivity contribution >= 4 is 11.8 Å². The molecule has 1 fully saturated rings. The molecule has 6 nitrogen and oxygen atoms in total. The molecule has 0 radical (unpaired) electrons. The highest BCUT2D eigenvalue weighted by atomic mass is 19.4. The van der Waals surface area contributed by atoms with E-state index < -0.39 is 17.2 Å². The zero-order valence-electron chi connectivity index (χ0n) is 21.8. The number of nitrogens with zero attached hydrogens (tertiary/aromatic N) is 1. The summed E-state index contributed by atoms with van der Waals surface area (Å²) in [6.07, 6.45) is 0.393. The SMILES string of the molecule is C[C@H]1COc2ccccc2C(=O)NCCCCCC2(CCN(Cc3ccc(C(F)(F)F)cc3)CC2)C(=O)N1. The number of hydrogen-bond donors (Lipinski definition) is 2. The van der Waals surface area contributed by atoms with Crippen LogP contribution in [-0.2, 0) is 17.5 Å². The van der Waals surface area contributed by atoms with Gasteiger partial charge in [-0.15, -0.1) is 0 Å². The second-order valence-electron chi connectivity index (χ2n) is 10.5. The Balaban J connectivity index is 1.40. The Kier molecular flexibility index (Phi) is 8.97. The fraction of sp³-hybridized carbons (Fsp3) is 0.517. The molecule has 1 atom stereocenters. The minimum absolute atomic E-state index is 0.0279. The lowest BCUT2D eigenvalue weighted by Crippen LogP contribution is -2.51. The third-order valence-electron chi connectivity index (χ3n) is 7.60. The minimum Gasteiger partial charge on any atom is -0.491 e. The van der Waals surface area contributed by atoms with Gasteiger partial charge in [-0.3, -0.25) is 14.5 Å². The van der Waals surface area contributed by atoms with Crippen LogP contribution in [0.15, 0.2) is 48.5 Å². The van der Waals surface area contributed by atoms with E-state index >= 15 is 0 Å². The first-order chi connectivity index (χ1) is 18.2. The molecular formula is C29H36F3N3O3. The molecule has 0 bridgehead atoms. The number of hydrogen-bond acceptors (Lipinski definition) is 4. The predicted octanol–water partition coefficient (Wildman–Crippen LogP) is 5.18. The highest BCUT2D eigenvalue weighted by Crippen LogP contribution is 2.38. The quantitative estimate of drug-likeness (QED) is 0.561. The Hall–Kier alpha value is -3.07. The molecule has 1 spiro atoms. The van der Waals surface area contributed by atoms with Gasteiger partial charge in [0.2, 0.25) is 5.91 Å². The number of carbonyl (C=O) groups excluding carboxylic acids is 2. The molecule has 9 heteroatoms. The maximum atomic E-state index is 13.6. The van der Waals surface area contributed by atoms with Crippen molar-refractivity contribution in [1.82, 2.24) is 15.5 Å². The van der Waals surface area contributed by atoms with Gasteiger partial charge in [0.05, 0.1) is 22.6 Å². The van der Waals surface area contributed by atoms with Crippen LogP contribution < -0.4 is 15.4 Å². The van der Waals surface area contributed by atoms with E-state index in [0.717, 1.165) is 43.4 Å². The molecule has 2 aliphatic heterocycles. The van der Waals surface area contributed by atoms with Gasteiger partial charge in [0.1, 0.15) is 12.4 Å². The molecule has 2 amide bonds. The highest BCUT2D eigenvalue weighted by molar-refractivity contribution is 5.96. The number of fused-ring (bicyclic) bond motifs is 1. The van der Waals surface area contributed by atoms with E-state index in [4.69, 9.17) is 4.74 Å². The average molecular weight is 532 g/mol. The van der Waals surface area contributed by atoms with Crippen molar-refractivity contribution in [2.75, 3.05) is 26.2 Å². The van der Waals surface area contributed by atoms with E-state index in [2.05, 4.69) is 15.5 Å². The number of para-hydroxylation sites is 1. The number of likely N-dealkylation sites (tertiary alicyclic amines) is 1. The largest absolute Gasteiger partial charge is 0.491 e. The van der Waals surface area contributed by atoms with Crippen LogP contribution >= 0.6 is 0 Å². The van der Waals surface area contributed by atoms with Crippen molar-refractivity contribution in [2.45, 2.75) is 64.2 Å². The molecule has 2 heterocycles. The summed E-state index contributed by atoms with van der Waals surface area (Å²) in [5.74, 6) is 0.358. The van der Waals surface area contributed by atoms with Gasteiger partial charge < -0.3 is 15.4 Å². The summed E-state index contributed by atoms with van der Waals surface area (Å²) in [6.45, 7) is 4.65. The van der Waals surface area contributed by atoms with E-state index in [9.17, 15) is 22.8 Å².